The Kier molecular flexibility index (Phi) is 9.18. The van der Waals surface area contributed by atoms with Gasteiger partial charge in [0.2, 0.25) is 0 Å². The molecule has 0 aliphatic heterocycles. The van der Waals surface area contributed by atoms with Gasteiger partial charge in [0.1, 0.15) is 0 Å². The summed E-state index contributed by atoms with van der Waals surface area (Å²) in [5.41, 5.74) is 14.4. The van der Waals surface area contributed by atoms with Crippen LogP contribution in [0.4, 0.5) is 0 Å². The number of hydrogen-bond donors (Lipinski definition) is 0. The van der Waals surface area contributed by atoms with Gasteiger partial charge in [0, 0.05) is 33.4 Å². The summed E-state index contributed by atoms with van der Waals surface area (Å²) < 4.78 is 0. The van der Waals surface area contributed by atoms with Gasteiger partial charge in [-0.25, -0.2) is 19.9 Å². The van der Waals surface area contributed by atoms with Gasteiger partial charge in [-0.05, 0) is 51.2 Å². The van der Waals surface area contributed by atoms with Crippen LogP contribution >= 0.6 is 0 Å². The number of benzene rings is 8. The van der Waals surface area contributed by atoms with E-state index in [1.165, 1.54) is 16.3 Å². The lowest BCUT2D eigenvalue weighted by molar-refractivity contribution is 1.18. The fourth-order valence-corrected chi connectivity index (χ4v) is 7.49. The molecule has 0 fully saturated rings. The minimum atomic E-state index is 0.710. The molecule has 4 nitrogen and oxygen atoms in total. The van der Waals surface area contributed by atoms with Crippen molar-refractivity contribution in [3.05, 3.63) is 218 Å². The van der Waals surface area contributed by atoms with Crippen LogP contribution in [0.3, 0.4) is 0 Å². The Morgan fingerprint density at radius 3 is 1.03 bits per heavy atom. The minimum absolute atomic E-state index is 0.710. The van der Waals surface area contributed by atoms with E-state index in [1.54, 1.807) is 0 Å². The predicted octanol–water partition coefficient (Wildman–Crippen LogP) is 13.8. The molecule has 0 amide bonds. The van der Waals surface area contributed by atoms with Gasteiger partial charge in [-0.3, -0.25) is 0 Å². The zero-order chi connectivity index (χ0) is 38.7. The third kappa shape index (κ3) is 7.07. The smallest absolute Gasteiger partial charge is 0.160 e. The molecule has 272 valence electrons. The standard InChI is InChI=1S/C54H36N4/c1-5-14-40(15-6-1)49-35-51(57-53(55-49)44-18-9-3-10-19-44)42-29-24-37(25-30-42)46-33-28-38-22-13-23-47(48(38)34-46)39-26-31-43(32-27-39)52-36-50(41-16-7-2-8-17-41)56-54(58-52)45-20-11-4-12-21-45/h1-36H. The number of hydrogen-bond acceptors (Lipinski definition) is 4. The predicted molar refractivity (Wildman–Crippen MR) is 239 cm³/mol. The monoisotopic (exact) mass is 740 g/mol. The first-order chi connectivity index (χ1) is 28.7. The largest absolute Gasteiger partial charge is 0.228 e. The first-order valence-corrected chi connectivity index (χ1v) is 19.5. The van der Waals surface area contributed by atoms with Gasteiger partial charge in [0.05, 0.1) is 22.8 Å². The minimum Gasteiger partial charge on any atom is -0.228 e. The number of fused-ring (bicyclic) bond motifs is 1. The third-order valence-corrected chi connectivity index (χ3v) is 10.5. The van der Waals surface area contributed by atoms with Gasteiger partial charge in [-0.15, -0.1) is 0 Å². The summed E-state index contributed by atoms with van der Waals surface area (Å²) in [7, 11) is 0. The van der Waals surface area contributed by atoms with Crippen molar-refractivity contribution >= 4 is 10.8 Å². The molecule has 10 rings (SSSR count). The Morgan fingerprint density at radius 2 is 0.586 bits per heavy atom. The van der Waals surface area contributed by atoms with E-state index in [4.69, 9.17) is 19.9 Å². The molecule has 2 heterocycles. The fourth-order valence-electron chi connectivity index (χ4n) is 7.49. The van der Waals surface area contributed by atoms with Crippen molar-refractivity contribution < 1.29 is 0 Å². The highest BCUT2D eigenvalue weighted by Crippen LogP contribution is 2.35. The second kappa shape index (κ2) is 15.4. The van der Waals surface area contributed by atoms with E-state index in [0.717, 1.165) is 72.8 Å². The normalized spacial score (nSPS) is 11.1. The molecule has 0 saturated heterocycles. The molecular weight excluding hydrogens is 705 g/mol. The highest BCUT2D eigenvalue weighted by atomic mass is 14.9. The summed E-state index contributed by atoms with van der Waals surface area (Å²) in [4.78, 5) is 20.0. The molecule has 0 N–H and O–H groups in total. The van der Waals surface area contributed by atoms with Gasteiger partial charge < -0.3 is 0 Å². The average Bonchev–Trinajstić information content (AvgIpc) is 3.32. The summed E-state index contributed by atoms with van der Waals surface area (Å²) in [5.74, 6) is 1.42. The topological polar surface area (TPSA) is 51.6 Å². The lowest BCUT2D eigenvalue weighted by Gasteiger charge is -2.12. The molecule has 8 aromatic carbocycles. The highest BCUT2D eigenvalue weighted by molar-refractivity contribution is 5.99. The van der Waals surface area contributed by atoms with Gasteiger partial charge >= 0.3 is 0 Å². The van der Waals surface area contributed by atoms with E-state index in [0.29, 0.717) is 11.6 Å². The molecule has 2 aromatic heterocycles. The Bertz CT molecular complexity index is 2890. The van der Waals surface area contributed by atoms with Gasteiger partial charge in [-0.1, -0.05) is 200 Å². The molecule has 0 spiro atoms. The van der Waals surface area contributed by atoms with Crippen molar-refractivity contribution in [1.82, 2.24) is 19.9 Å². The zero-order valence-corrected chi connectivity index (χ0v) is 31.6. The Morgan fingerprint density at radius 1 is 0.224 bits per heavy atom. The van der Waals surface area contributed by atoms with Crippen LogP contribution < -0.4 is 0 Å². The molecule has 0 aliphatic rings. The van der Waals surface area contributed by atoms with Crippen molar-refractivity contribution in [1.29, 1.82) is 0 Å². The molecule has 0 atom stereocenters. The Labute approximate surface area is 337 Å². The van der Waals surface area contributed by atoms with Crippen LogP contribution in [-0.2, 0) is 0 Å². The number of nitrogens with zero attached hydrogens (tertiary/aromatic N) is 4. The van der Waals surface area contributed by atoms with Crippen molar-refractivity contribution in [3.63, 3.8) is 0 Å². The maximum absolute atomic E-state index is 5.04. The van der Waals surface area contributed by atoms with Crippen molar-refractivity contribution in [2.75, 3.05) is 0 Å². The van der Waals surface area contributed by atoms with E-state index in [-0.39, 0.29) is 0 Å². The van der Waals surface area contributed by atoms with E-state index >= 15 is 0 Å². The molecular formula is C54H36N4. The molecule has 4 heteroatoms. The van der Waals surface area contributed by atoms with Gasteiger partial charge in [0.25, 0.3) is 0 Å². The van der Waals surface area contributed by atoms with Crippen LogP contribution in [0.2, 0.25) is 0 Å². The number of aromatic nitrogens is 4. The van der Waals surface area contributed by atoms with Crippen LogP contribution in [0.15, 0.2) is 218 Å². The van der Waals surface area contributed by atoms with Crippen LogP contribution in [0.5, 0.6) is 0 Å². The van der Waals surface area contributed by atoms with Crippen LogP contribution in [0, 0.1) is 0 Å². The second-order valence-electron chi connectivity index (χ2n) is 14.3. The average molecular weight is 741 g/mol. The van der Waals surface area contributed by atoms with Crippen molar-refractivity contribution in [2.24, 2.45) is 0 Å². The Balaban J connectivity index is 0.976. The molecule has 10 aromatic rings. The zero-order valence-electron chi connectivity index (χ0n) is 31.6. The van der Waals surface area contributed by atoms with E-state index in [9.17, 15) is 0 Å². The quantitative estimate of drug-likeness (QED) is 0.156. The first kappa shape index (κ1) is 34.7. The summed E-state index contributed by atoms with van der Waals surface area (Å²) in [6.07, 6.45) is 0. The first-order valence-electron chi connectivity index (χ1n) is 19.5. The maximum atomic E-state index is 5.04. The van der Waals surface area contributed by atoms with Crippen LogP contribution in [-0.4, -0.2) is 19.9 Å². The lowest BCUT2D eigenvalue weighted by atomic mass is 9.93. The highest BCUT2D eigenvalue weighted by Gasteiger charge is 2.14. The lowest BCUT2D eigenvalue weighted by Crippen LogP contribution is -1.96. The van der Waals surface area contributed by atoms with Crippen molar-refractivity contribution in [3.8, 4) is 90.1 Å². The molecule has 0 saturated carbocycles. The molecule has 58 heavy (non-hydrogen) atoms. The SMILES string of the molecule is c1ccc(-c2cc(-c3ccc(-c4ccc5cccc(-c6ccc(-c7cc(-c8ccccc8)nc(-c8ccccc8)n7)cc6)c5c4)cc3)nc(-c3ccccc3)n2)cc1. The third-order valence-electron chi connectivity index (χ3n) is 10.5. The van der Waals surface area contributed by atoms with Crippen LogP contribution in [0.25, 0.3) is 101 Å². The summed E-state index contributed by atoms with van der Waals surface area (Å²) in [6, 6.07) is 75.8. The number of rotatable bonds is 8. The maximum Gasteiger partial charge on any atom is 0.160 e. The molecule has 0 aliphatic carbocycles. The molecule has 0 radical (unpaired) electrons. The summed E-state index contributed by atoms with van der Waals surface area (Å²) in [5, 5.41) is 2.40. The fraction of sp³-hybridized carbons (Fsp3) is 0. The molecule has 0 unspecified atom stereocenters. The van der Waals surface area contributed by atoms with Crippen molar-refractivity contribution in [2.45, 2.75) is 0 Å². The summed E-state index contributed by atoms with van der Waals surface area (Å²) >= 11 is 0. The molecule has 0 bridgehead atoms. The van der Waals surface area contributed by atoms with Crippen LogP contribution in [0.1, 0.15) is 0 Å². The summed E-state index contributed by atoms with van der Waals surface area (Å²) in [6.45, 7) is 0. The van der Waals surface area contributed by atoms with E-state index < -0.39 is 0 Å². The second-order valence-corrected chi connectivity index (χ2v) is 14.3. The van der Waals surface area contributed by atoms with Gasteiger partial charge in [0.15, 0.2) is 11.6 Å². The van der Waals surface area contributed by atoms with E-state index in [2.05, 4.69) is 146 Å². The Hall–Kier alpha value is -7.82. The van der Waals surface area contributed by atoms with Gasteiger partial charge in [-0.2, -0.15) is 0 Å². The van der Waals surface area contributed by atoms with E-state index in [1.807, 2.05) is 72.8 Å².